The van der Waals surface area contributed by atoms with Crippen molar-refractivity contribution in [1.82, 2.24) is 14.9 Å². The molecular weight excluding hydrogens is 318 g/mol. The molecule has 122 valence electrons. The Kier molecular flexibility index (Phi) is 4.81. The summed E-state index contributed by atoms with van der Waals surface area (Å²) in [5.74, 6) is 0.770. The fourth-order valence-electron chi connectivity index (χ4n) is 2.41. The summed E-state index contributed by atoms with van der Waals surface area (Å²) in [7, 11) is 3.52. The number of benzene rings is 2. The topological polar surface area (TPSA) is 46.1 Å². The summed E-state index contributed by atoms with van der Waals surface area (Å²) in [5.41, 5.74) is 4.56. The number of rotatable bonds is 4. The summed E-state index contributed by atoms with van der Waals surface area (Å²) >= 11 is 1.65. The highest BCUT2D eigenvalue weighted by Gasteiger charge is 2.10. The molecule has 0 radical (unpaired) electrons. The van der Waals surface area contributed by atoms with Crippen LogP contribution in [0.2, 0.25) is 0 Å². The molecule has 0 spiro atoms. The molecule has 0 bridgehead atoms. The Labute approximate surface area is 145 Å². The van der Waals surface area contributed by atoms with Crippen molar-refractivity contribution >= 4 is 28.7 Å². The fourth-order valence-corrected chi connectivity index (χ4v) is 3.31. The molecule has 24 heavy (non-hydrogen) atoms. The predicted octanol–water partition coefficient (Wildman–Crippen LogP) is 3.93. The van der Waals surface area contributed by atoms with Crippen LogP contribution in [0.3, 0.4) is 0 Å². The smallest absolute Gasteiger partial charge is 0.253 e. The summed E-state index contributed by atoms with van der Waals surface area (Å²) in [6.07, 6.45) is 0. The molecule has 2 aromatic carbocycles. The lowest BCUT2D eigenvalue weighted by molar-refractivity contribution is 0.0827. The molecule has 0 aliphatic carbocycles. The molecule has 0 atom stereocenters. The van der Waals surface area contributed by atoms with E-state index in [-0.39, 0.29) is 5.91 Å². The number of para-hydroxylation sites is 2. The molecule has 1 heterocycles. The molecule has 1 amide bonds. The maximum Gasteiger partial charge on any atom is 0.253 e. The second-order valence-electron chi connectivity index (χ2n) is 5.79. The van der Waals surface area contributed by atoms with Crippen LogP contribution in [0.15, 0.2) is 53.6 Å². The lowest BCUT2D eigenvalue weighted by Gasteiger charge is -2.11. The minimum atomic E-state index is 0.0172. The van der Waals surface area contributed by atoms with Gasteiger partial charge in [0.15, 0.2) is 0 Å². The normalized spacial score (nSPS) is 10.8. The average Bonchev–Trinajstić information content (AvgIpc) is 2.59. The highest BCUT2D eigenvalue weighted by Crippen LogP contribution is 2.25. The van der Waals surface area contributed by atoms with Gasteiger partial charge in [0.05, 0.1) is 16.7 Å². The van der Waals surface area contributed by atoms with E-state index in [0.717, 1.165) is 33.1 Å². The van der Waals surface area contributed by atoms with Crippen LogP contribution in [-0.2, 0) is 5.75 Å². The second-order valence-corrected chi connectivity index (χ2v) is 6.76. The molecule has 0 aliphatic heterocycles. The third-order valence-corrected chi connectivity index (χ3v) is 4.79. The summed E-state index contributed by atoms with van der Waals surface area (Å²) in [6, 6.07) is 15.6. The fraction of sp³-hybridized carbons (Fsp3) is 0.211. The molecule has 3 rings (SSSR count). The van der Waals surface area contributed by atoms with Crippen LogP contribution in [0.25, 0.3) is 11.0 Å². The van der Waals surface area contributed by atoms with E-state index in [4.69, 9.17) is 4.98 Å². The van der Waals surface area contributed by atoms with Gasteiger partial charge < -0.3 is 4.90 Å². The summed E-state index contributed by atoms with van der Waals surface area (Å²) in [5, 5.41) is 0.929. The van der Waals surface area contributed by atoms with E-state index in [1.165, 1.54) is 0 Å². The number of aromatic nitrogens is 2. The summed E-state index contributed by atoms with van der Waals surface area (Å²) < 4.78 is 0. The molecule has 0 fully saturated rings. The predicted molar refractivity (Wildman–Crippen MR) is 98.3 cm³/mol. The number of amides is 1. The van der Waals surface area contributed by atoms with Gasteiger partial charge in [0, 0.05) is 25.4 Å². The molecule has 1 aromatic heterocycles. The molecule has 5 heteroatoms. The molecule has 3 aromatic rings. The summed E-state index contributed by atoms with van der Waals surface area (Å²) in [6.45, 7) is 1.98. The van der Waals surface area contributed by atoms with Gasteiger partial charge in [-0.1, -0.05) is 36.0 Å². The standard InChI is InChI=1S/C19H19N3OS/c1-13-18(21-17-10-5-4-9-16(17)20-13)24-12-14-7-6-8-15(11-14)19(23)22(2)3/h4-11H,12H2,1-3H3. The molecule has 0 aliphatic rings. The van der Waals surface area contributed by atoms with Gasteiger partial charge in [0.1, 0.15) is 5.03 Å². The van der Waals surface area contributed by atoms with Gasteiger partial charge in [0.25, 0.3) is 5.91 Å². The van der Waals surface area contributed by atoms with E-state index >= 15 is 0 Å². The van der Waals surface area contributed by atoms with Crippen molar-refractivity contribution in [3.05, 3.63) is 65.4 Å². The van der Waals surface area contributed by atoms with E-state index in [9.17, 15) is 4.79 Å². The Balaban J connectivity index is 1.80. The first-order valence-corrected chi connectivity index (χ1v) is 8.70. The average molecular weight is 337 g/mol. The van der Waals surface area contributed by atoms with Crippen LogP contribution in [0.1, 0.15) is 21.6 Å². The van der Waals surface area contributed by atoms with Gasteiger partial charge in [-0.3, -0.25) is 4.79 Å². The van der Waals surface area contributed by atoms with E-state index in [2.05, 4.69) is 4.98 Å². The minimum Gasteiger partial charge on any atom is -0.345 e. The minimum absolute atomic E-state index is 0.0172. The van der Waals surface area contributed by atoms with Gasteiger partial charge in [-0.15, -0.1) is 0 Å². The largest absolute Gasteiger partial charge is 0.345 e. The van der Waals surface area contributed by atoms with E-state index < -0.39 is 0 Å². The van der Waals surface area contributed by atoms with Gasteiger partial charge in [-0.2, -0.15) is 0 Å². The van der Waals surface area contributed by atoms with Gasteiger partial charge in [-0.05, 0) is 36.8 Å². The Hall–Kier alpha value is -2.40. The van der Waals surface area contributed by atoms with E-state index in [0.29, 0.717) is 5.56 Å². The van der Waals surface area contributed by atoms with Gasteiger partial charge in [-0.25, -0.2) is 9.97 Å². The lowest BCUT2D eigenvalue weighted by atomic mass is 10.1. The third-order valence-electron chi connectivity index (χ3n) is 3.66. The van der Waals surface area contributed by atoms with Gasteiger partial charge in [0.2, 0.25) is 0 Å². The molecule has 0 saturated heterocycles. The van der Waals surface area contributed by atoms with Crippen LogP contribution in [0.5, 0.6) is 0 Å². The second kappa shape index (κ2) is 7.01. The number of fused-ring (bicyclic) bond motifs is 1. The van der Waals surface area contributed by atoms with Crippen molar-refractivity contribution in [2.24, 2.45) is 0 Å². The quantitative estimate of drug-likeness (QED) is 0.677. The van der Waals surface area contributed by atoms with Crippen LogP contribution in [0.4, 0.5) is 0 Å². The first-order valence-electron chi connectivity index (χ1n) is 7.71. The number of carbonyl (C=O) groups is 1. The Bertz CT molecular complexity index is 893. The number of aryl methyl sites for hydroxylation is 1. The first kappa shape index (κ1) is 16.5. The SMILES string of the molecule is Cc1nc2ccccc2nc1SCc1cccc(C(=O)N(C)C)c1. The maximum absolute atomic E-state index is 12.1. The van der Waals surface area contributed by atoms with Crippen molar-refractivity contribution in [1.29, 1.82) is 0 Å². The van der Waals surface area contributed by atoms with Crippen molar-refractivity contribution < 1.29 is 4.79 Å². The van der Waals surface area contributed by atoms with Gasteiger partial charge >= 0.3 is 0 Å². The van der Waals surface area contributed by atoms with Crippen molar-refractivity contribution in [3.8, 4) is 0 Å². The highest BCUT2D eigenvalue weighted by atomic mass is 32.2. The zero-order valence-corrected chi connectivity index (χ0v) is 14.8. The maximum atomic E-state index is 12.1. The lowest BCUT2D eigenvalue weighted by Crippen LogP contribution is -2.21. The zero-order valence-electron chi connectivity index (χ0n) is 14.0. The number of thioether (sulfide) groups is 1. The third kappa shape index (κ3) is 3.57. The number of carbonyl (C=O) groups excluding carboxylic acids is 1. The van der Waals surface area contributed by atoms with Crippen molar-refractivity contribution in [2.75, 3.05) is 14.1 Å². The monoisotopic (exact) mass is 337 g/mol. The van der Waals surface area contributed by atoms with Crippen LogP contribution < -0.4 is 0 Å². The molecule has 0 N–H and O–H groups in total. The number of nitrogens with zero attached hydrogens (tertiary/aromatic N) is 3. The van der Waals surface area contributed by atoms with Crippen LogP contribution in [0, 0.1) is 6.92 Å². The van der Waals surface area contributed by atoms with Crippen molar-refractivity contribution in [2.45, 2.75) is 17.7 Å². The van der Waals surface area contributed by atoms with E-state index in [1.54, 1.807) is 30.8 Å². The molecular formula is C19H19N3OS. The Morgan fingerprint density at radius 2 is 1.75 bits per heavy atom. The number of hydrogen-bond acceptors (Lipinski definition) is 4. The summed E-state index contributed by atoms with van der Waals surface area (Å²) in [4.78, 5) is 23.0. The Morgan fingerprint density at radius 3 is 2.46 bits per heavy atom. The van der Waals surface area contributed by atoms with Crippen molar-refractivity contribution in [3.63, 3.8) is 0 Å². The van der Waals surface area contributed by atoms with E-state index in [1.807, 2.05) is 55.5 Å². The molecule has 4 nitrogen and oxygen atoms in total. The van der Waals surface area contributed by atoms with Crippen LogP contribution in [-0.4, -0.2) is 34.9 Å². The molecule has 0 saturated carbocycles. The first-order chi connectivity index (χ1) is 11.5. The highest BCUT2D eigenvalue weighted by molar-refractivity contribution is 7.98. The Morgan fingerprint density at radius 1 is 1.04 bits per heavy atom. The van der Waals surface area contributed by atoms with Crippen LogP contribution >= 0.6 is 11.8 Å². The molecule has 0 unspecified atom stereocenters. The number of hydrogen-bond donors (Lipinski definition) is 0. The zero-order chi connectivity index (χ0) is 17.1.